The van der Waals surface area contributed by atoms with Crippen LogP contribution in [0.25, 0.3) is 0 Å². The van der Waals surface area contributed by atoms with Crippen LogP contribution in [-0.4, -0.2) is 28.6 Å². The third-order valence-corrected chi connectivity index (χ3v) is 3.17. The largest absolute Gasteiger partial charge is 0.369 e. The first-order valence-corrected chi connectivity index (χ1v) is 5.72. The van der Waals surface area contributed by atoms with E-state index in [2.05, 4.69) is 15.3 Å². The molecule has 0 radical (unpaired) electrons. The molecule has 0 fully saturated rings. The van der Waals surface area contributed by atoms with E-state index in [4.69, 9.17) is 27.9 Å². The van der Waals surface area contributed by atoms with Crippen molar-refractivity contribution in [1.82, 2.24) is 9.97 Å². The molecule has 0 saturated carbocycles. The number of nitrogens with zero attached hydrogens (tertiary/aromatic N) is 2. The predicted molar refractivity (Wildman–Crippen MR) is 66.4 cm³/mol. The predicted octanol–water partition coefficient (Wildman–Crippen LogP) is 2.54. The van der Waals surface area contributed by atoms with Crippen molar-refractivity contribution in [2.24, 2.45) is 0 Å². The summed E-state index contributed by atoms with van der Waals surface area (Å²) in [4.78, 5) is 19.5. The van der Waals surface area contributed by atoms with Crippen LogP contribution < -0.4 is 5.32 Å². The van der Waals surface area contributed by atoms with Crippen molar-refractivity contribution in [1.29, 1.82) is 0 Å². The van der Waals surface area contributed by atoms with Gasteiger partial charge in [0.25, 0.3) is 5.91 Å². The number of ether oxygens (including phenoxy) is 1. The number of amides is 1. The number of halogens is 2. The number of nitrogens with one attached hydrogen (secondary N) is 1. The number of rotatable bonds is 4. The van der Waals surface area contributed by atoms with Crippen LogP contribution >= 0.6 is 23.2 Å². The van der Waals surface area contributed by atoms with Crippen molar-refractivity contribution in [3.8, 4) is 0 Å². The van der Waals surface area contributed by atoms with Gasteiger partial charge in [-0.05, 0) is 13.3 Å². The lowest BCUT2D eigenvalue weighted by atomic mass is 10.0. The maximum absolute atomic E-state index is 12.0. The molecule has 0 aliphatic carbocycles. The lowest BCUT2D eigenvalue weighted by molar-refractivity contribution is -0.136. The van der Waals surface area contributed by atoms with E-state index in [-0.39, 0.29) is 21.9 Å². The van der Waals surface area contributed by atoms with Crippen molar-refractivity contribution in [2.75, 3.05) is 12.4 Å². The summed E-state index contributed by atoms with van der Waals surface area (Å²) in [5.41, 5.74) is -0.750. The van der Waals surface area contributed by atoms with Crippen LogP contribution in [0.1, 0.15) is 20.3 Å². The number of methoxy groups -OCH3 is 1. The fourth-order valence-corrected chi connectivity index (χ4v) is 1.50. The first-order chi connectivity index (χ1) is 7.94. The number of aromatic nitrogens is 2. The van der Waals surface area contributed by atoms with Gasteiger partial charge in [-0.15, -0.1) is 0 Å². The van der Waals surface area contributed by atoms with Crippen molar-refractivity contribution in [2.45, 2.75) is 25.9 Å². The highest BCUT2D eigenvalue weighted by atomic mass is 35.5. The molecule has 17 heavy (non-hydrogen) atoms. The Labute approximate surface area is 109 Å². The molecule has 1 heterocycles. The molecule has 0 saturated heterocycles. The molecule has 1 unspecified atom stereocenters. The first kappa shape index (κ1) is 14.2. The van der Waals surface area contributed by atoms with Crippen molar-refractivity contribution < 1.29 is 9.53 Å². The minimum atomic E-state index is -0.942. The highest BCUT2D eigenvalue weighted by Gasteiger charge is 2.32. The zero-order valence-corrected chi connectivity index (χ0v) is 11.3. The number of anilines is 1. The van der Waals surface area contributed by atoms with E-state index >= 15 is 0 Å². The summed E-state index contributed by atoms with van der Waals surface area (Å²) < 4.78 is 5.16. The zero-order chi connectivity index (χ0) is 13.1. The summed E-state index contributed by atoms with van der Waals surface area (Å²) in [7, 11) is 1.47. The van der Waals surface area contributed by atoms with Crippen LogP contribution in [0.3, 0.4) is 0 Å². The quantitative estimate of drug-likeness (QED) is 0.859. The Kier molecular flexibility index (Phi) is 4.68. The van der Waals surface area contributed by atoms with Gasteiger partial charge < -0.3 is 10.1 Å². The second kappa shape index (κ2) is 5.62. The van der Waals surface area contributed by atoms with Gasteiger partial charge in [-0.3, -0.25) is 4.79 Å². The van der Waals surface area contributed by atoms with Crippen LogP contribution in [0, 0.1) is 0 Å². The molecule has 94 valence electrons. The lowest BCUT2D eigenvalue weighted by Crippen LogP contribution is -2.41. The summed E-state index contributed by atoms with van der Waals surface area (Å²) in [6.07, 6.45) is 1.73. The van der Waals surface area contributed by atoms with Crippen LogP contribution in [0.5, 0.6) is 0 Å². The lowest BCUT2D eigenvalue weighted by Gasteiger charge is -2.25. The first-order valence-electron chi connectivity index (χ1n) is 4.97. The van der Waals surface area contributed by atoms with E-state index in [9.17, 15) is 4.79 Å². The van der Waals surface area contributed by atoms with Crippen LogP contribution in [0.2, 0.25) is 10.3 Å². The number of carbonyl (C=O) groups excluding carboxylic acids is 1. The van der Waals surface area contributed by atoms with E-state index in [1.54, 1.807) is 6.92 Å². The molecule has 0 aromatic carbocycles. The summed E-state index contributed by atoms with van der Waals surface area (Å²) in [5.74, 6) is -0.346. The number of carbonyl (C=O) groups is 1. The molecular weight excluding hydrogens is 265 g/mol. The second-order valence-corrected chi connectivity index (χ2v) is 4.29. The molecule has 0 aliphatic heterocycles. The van der Waals surface area contributed by atoms with Gasteiger partial charge in [-0.25, -0.2) is 9.97 Å². The fraction of sp³-hybridized carbons (Fsp3) is 0.500. The Morgan fingerprint density at radius 2 is 2.00 bits per heavy atom. The molecule has 1 aromatic rings. The van der Waals surface area contributed by atoms with E-state index in [0.29, 0.717) is 6.42 Å². The Hall–Kier alpha value is -0.910. The molecule has 1 aromatic heterocycles. The molecule has 0 aliphatic rings. The molecule has 1 N–H and O–H groups in total. The molecule has 1 rings (SSSR count). The van der Waals surface area contributed by atoms with E-state index < -0.39 is 5.60 Å². The summed E-state index contributed by atoms with van der Waals surface area (Å²) in [6.45, 7) is 3.52. The topological polar surface area (TPSA) is 64.1 Å². The highest BCUT2D eigenvalue weighted by molar-refractivity contribution is 6.38. The molecule has 0 spiro atoms. The van der Waals surface area contributed by atoms with Gasteiger partial charge >= 0.3 is 0 Å². The maximum Gasteiger partial charge on any atom is 0.256 e. The van der Waals surface area contributed by atoms with Gasteiger partial charge in [-0.1, -0.05) is 30.1 Å². The van der Waals surface area contributed by atoms with Gasteiger partial charge in [0.15, 0.2) is 10.3 Å². The second-order valence-electron chi connectivity index (χ2n) is 3.57. The minimum absolute atomic E-state index is 0.0907. The Bertz CT molecular complexity index is 402. The molecule has 7 heteroatoms. The summed E-state index contributed by atoms with van der Waals surface area (Å²) in [6, 6.07) is 0. The van der Waals surface area contributed by atoms with E-state index in [1.807, 2.05) is 6.92 Å². The van der Waals surface area contributed by atoms with Crippen molar-refractivity contribution in [3.63, 3.8) is 0 Å². The van der Waals surface area contributed by atoms with Gasteiger partial charge in [-0.2, -0.15) is 0 Å². The van der Waals surface area contributed by atoms with Crippen molar-refractivity contribution in [3.05, 3.63) is 16.6 Å². The molecular formula is C10H13Cl2N3O2. The SMILES string of the molecule is CCC(C)(OC)C(=O)Nc1c(Cl)ncnc1Cl. The smallest absolute Gasteiger partial charge is 0.256 e. The normalized spacial score (nSPS) is 14.2. The average molecular weight is 278 g/mol. The Balaban J connectivity index is 2.96. The number of hydrogen-bond donors (Lipinski definition) is 1. The summed E-state index contributed by atoms with van der Waals surface area (Å²) in [5, 5.41) is 2.75. The van der Waals surface area contributed by atoms with E-state index in [0.717, 1.165) is 0 Å². The highest BCUT2D eigenvalue weighted by Crippen LogP contribution is 2.27. The fourth-order valence-electron chi connectivity index (χ4n) is 1.09. The van der Waals surface area contributed by atoms with Crippen LogP contribution in [0.4, 0.5) is 5.69 Å². The third kappa shape index (κ3) is 3.06. The van der Waals surface area contributed by atoms with Gasteiger partial charge in [0.2, 0.25) is 0 Å². The monoisotopic (exact) mass is 277 g/mol. The van der Waals surface area contributed by atoms with E-state index in [1.165, 1.54) is 13.4 Å². The third-order valence-electron chi connectivity index (χ3n) is 2.60. The van der Waals surface area contributed by atoms with Crippen LogP contribution in [0.15, 0.2) is 6.33 Å². The van der Waals surface area contributed by atoms with Gasteiger partial charge in [0, 0.05) is 7.11 Å². The Morgan fingerprint density at radius 3 is 2.41 bits per heavy atom. The van der Waals surface area contributed by atoms with Crippen LogP contribution in [-0.2, 0) is 9.53 Å². The van der Waals surface area contributed by atoms with Gasteiger partial charge in [0.1, 0.15) is 17.6 Å². The molecule has 1 amide bonds. The average Bonchev–Trinajstić information content (AvgIpc) is 2.32. The molecule has 5 nitrogen and oxygen atoms in total. The zero-order valence-electron chi connectivity index (χ0n) is 9.75. The summed E-state index contributed by atoms with van der Waals surface area (Å²) >= 11 is 11.6. The maximum atomic E-state index is 12.0. The standard InChI is InChI=1S/C10H13Cl2N3O2/c1-4-10(2,17-3)9(16)15-6-7(11)13-5-14-8(6)12/h5H,4H2,1-3H3,(H,15,16). The number of hydrogen-bond acceptors (Lipinski definition) is 4. The minimum Gasteiger partial charge on any atom is -0.369 e. The molecule has 1 atom stereocenters. The molecule has 0 bridgehead atoms. The Morgan fingerprint density at radius 1 is 1.47 bits per heavy atom. The van der Waals surface area contributed by atoms with Crippen molar-refractivity contribution >= 4 is 34.8 Å². The van der Waals surface area contributed by atoms with Gasteiger partial charge in [0.05, 0.1) is 0 Å².